The highest BCUT2D eigenvalue weighted by atomic mass is 32.1. The van der Waals surface area contributed by atoms with E-state index in [4.69, 9.17) is 0 Å². The number of aryl methyl sites for hydroxylation is 1. The summed E-state index contributed by atoms with van der Waals surface area (Å²) in [7, 11) is 2.14. The molecule has 0 aliphatic rings. The van der Waals surface area contributed by atoms with E-state index in [0.717, 1.165) is 26.2 Å². The molecule has 0 fully saturated rings. The molecule has 0 saturated heterocycles. The van der Waals surface area contributed by atoms with Crippen LogP contribution in [0.25, 0.3) is 0 Å². The summed E-state index contributed by atoms with van der Waals surface area (Å²) >= 11 is 1.83. The van der Waals surface area contributed by atoms with Gasteiger partial charge in [-0.25, -0.2) is 0 Å². The molecule has 102 valence electrons. The number of aromatic nitrogens is 1. The molecule has 0 aliphatic heterocycles. The predicted molar refractivity (Wildman–Crippen MR) is 81.3 cm³/mol. The Balaban J connectivity index is 1.64. The number of rotatable bonds is 7. The molecule has 2 aromatic rings. The van der Waals surface area contributed by atoms with Crippen LogP contribution in [0.15, 0.2) is 36.0 Å². The number of hydrogen-bond donors (Lipinski definition) is 1. The number of likely N-dealkylation sites (N-methyl/N-ethyl adjacent to an activating group) is 1. The van der Waals surface area contributed by atoms with Gasteiger partial charge in [0.05, 0.1) is 0 Å². The van der Waals surface area contributed by atoms with Crippen molar-refractivity contribution in [3.63, 3.8) is 0 Å². The van der Waals surface area contributed by atoms with Crippen molar-refractivity contribution < 1.29 is 0 Å². The second-order valence-electron chi connectivity index (χ2n) is 4.80. The van der Waals surface area contributed by atoms with Crippen LogP contribution in [0.5, 0.6) is 0 Å². The second kappa shape index (κ2) is 7.38. The lowest BCUT2D eigenvalue weighted by molar-refractivity contribution is 0.324. The average molecular weight is 275 g/mol. The topological polar surface area (TPSA) is 28.2 Å². The third-order valence-electron chi connectivity index (χ3n) is 3.10. The van der Waals surface area contributed by atoms with Gasteiger partial charge in [-0.3, -0.25) is 4.98 Å². The molecule has 0 bridgehead atoms. The van der Waals surface area contributed by atoms with Crippen LogP contribution in [-0.2, 0) is 13.1 Å². The maximum absolute atomic E-state index is 4.14. The van der Waals surface area contributed by atoms with Gasteiger partial charge in [0, 0.05) is 43.4 Å². The molecule has 0 aliphatic carbocycles. The van der Waals surface area contributed by atoms with Crippen molar-refractivity contribution in [2.45, 2.75) is 20.0 Å². The molecular formula is C15H21N3S. The Kier molecular flexibility index (Phi) is 5.51. The number of thiophene rings is 1. The highest BCUT2D eigenvalue weighted by Crippen LogP contribution is 2.14. The molecule has 2 aromatic heterocycles. The Bertz CT molecular complexity index is 481. The minimum Gasteiger partial charge on any atom is -0.311 e. The van der Waals surface area contributed by atoms with Gasteiger partial charge in [-0.15, -0.1) is 11.3 Å². The van der Waals surface area contributed by atoms with E-state index in [1.165, 1.54) is 16.0 Å². The van der Waals surface area contributed by atoms with Crippen molar-refractivity contribution in [2.75, 3.05) is 20.1 Å². The lowest BCUT2D eigenvalue weighted by atomic mass is 10.2. The summed E-state index contributed by atoms with van der Waals surface area (Å²) < 4.78 is 0. The molecule has 1 N–H and O–H groups in total. The lowest BCUT2D eigenvalue weighted by Crippen LogP contribution is -2.28. The van der Waals surface area contributed by atoms with E-state index in [1.807, 2.05) is 29.8 Å². The largest absolute Gasteiger partial charge is 0.311 e. The Morgan fingerprint density at radius 2 is 2.26 bits per heavy atom. The van der Waals surface area contributed by atoms with Gasteiger partial charge in [0.2, 0.25) is 0 Å². The average Bonchev–Trinajstić information content (AvgIpc) is 2.81. The minimum atomic E-state index is 0.952. The highest BCUT2D eigenvalue weighted by molar-refractivity contribution is 7.10. The van der Waals surface area contributed by atoms with E-state index in [1.54, 1.807) is 0 Å². The maximum atomic E-state index is 4.14. The van der Waals surface area contributed by atoms with Crippen LogP contribution in [-0.4, -0.2) is 30.0 Å². The van der Waals surface area contributed by atoms with Crippen LogP contribution in [0.1, 0.15) is 16.0 Å². The van der Waals surface area contributed by atoms with Gasteiger partial charge in [0.25, 0.3) is 0 Å². The summed E-state index contributed by atoms with van der Waals surface area (Å²) in [6.07, 6.45) is 3.74. The Morgan fingerprint density at radius 1 is 1.37 bits per heavy atom. The van der Waals surface area contributed by atoms with E-state index in [-0.39, 0.29) is 0 Å². The van der Waals surface area contributed by atoms with Gasteiger partial charge in [0.1, 0.15) is 0 Å². The second-order valence-corrected chi connectivity index (χ2v) is 5.80. The molecule has 19 heavy (non-hydrogen) atoms. The van der Waals surface area contributed by atoms with Gasteiger partial charge in [-0.2, -0.15) is 0 Å². The van der Waals surface area contributed by atoms with E-state index < -0.39 is 0 Å². The van der Waals surface area contributed by atoms with Crippen molar-refractivity contribution in [2.24, 2.45) is 0 Å². The number of nitrogens with zero attached hydrogens (tertiary/aromatic N) is 2. The summed E-state index contributed by atoms with van der Waals surface area (Å²) in [4.78, 5) is 7.89. The third-order valence-corrected chi connectivity index (χ3v) is 4.12. The minimum absolute atomic E-state index is 0.952. The first-order valence-electron chi connectivity index (χ1n) is 6.57. The number of hydrogen-bond acceptors (Lipinski definition) is 4. The first-order valence-corrected chi connectivity index (χ1v) is 7.45. The molecule has 0 amide bonds. The van der Waals surface area contributed by atoms with E-state index in [0.29, 0.717) is 0 Å². The Labute approximate surface area is 119 Å². The Hall–Kier alpha value is -1.23. The van der Waals surface area contributed by atoms with Crippen LogP contribution in [0.4, 0.5) is 0 Å². The van der Waals surface area contributed by atoms with Crippen molar-refractivity contribution in [3.8, 4) is 0 Å². The molecule has 0 saturated carbocycles. The fraction of sp³-hybridized carbons (Fsp3) is 0.400. The van der Waals surface area contributed by atoms with Crippen LogP contribution in [0.2, 0.25) is 0 Å². The molecular weight excluding hydrogens is 254 g/mol. The SMILES string of the molecule is Cc1ccsc1CNCCN(C)Cc1cccnc1. The summed E-state index contributed by atoms with van der Waals surface area (Å²) in [6, 6.07) is 6.28. The molecule has 3 nitrogen and oxygen atoms in total. The first-order chi connectivity index (χ1) is 9.25. The molecule has 2 rings (SSSR count). The van der Waals surface area contributed by atoms with Crippen molar-refractivity contribution in [3.05, 3.63) is 52.0 Å². The van der Waals surface area contributed by atoms with E-state index in [2.05, 4.69) is 46.7 Å². The van der Waals surface area contributed by atoms with E-state index >= 15 is 0 Å². The molecule has 0 spiro atoms. The van der Waals surface area contributed by atoms with Crippen molar-refractivity contribution in [1.82, 2.24) is 15.2 Å². The Morgan fingerprint density at radius 3 is 2.95 bits per heavy atom. The van der Waals surface area contributed by atoms with Crippen molar-refractivity contribution in [1.29, 1.82) is 0 Å². The summed E-state index contributed by atoms with van der Waals surface area (Å²) in [5.74, 6) is 0. The van der Waals surface area contributed by atoms with Gasteiger partial charge >= 0.3 is 0 Å². The maximum Gasteiger partial charge on any atom is 0.0312 e. The zero-order valence-electron chi connectivity index (χ0n) is 11.6. The molecule has 0 radical (unpaired) electrons. The summed E-state index contributed by atoms with van der Waals surface area (Å²) in [6.45, 7) is 6.15. The monoisotopic (exact) mass is 275 g/mol. The van der Waals surface area contributed by atoms with Crippen LogP contribution >= 0.6 is 11.3 Å². The van der Waals surface area contributed by atoms with Crippen LogP contribution < -0.4 is 5.32 Å². The van der Waals surface area contributed by atoms with Gasteiger partial charge in [0.15, 0.2) is 0 Å². The van der Waals surface area contributed by atoms with Crippen LogP contribution in [0, 0.1) is 6.92 Å². The van der Waals surface area contributed by atoms with Crippen LogP contribution in [0.3, 0.4) is 0 Å². The molecule has 2 heterocycles. The van der Waals surface area contributed by atoms with Crippen molar-refractivity contribution >= 4 is 11.3 Å². The fourth-order valence-electron chi connectivity index (χ4n) is 1.94. The zero-order valence-corrected chi connectivity index (χ0v) is 12.4. The number of nitrogens with one attached hydrogen (secondary N) is 1. The predicted octanol–water partition coefficient (Wildman–Crippen LogP) is 2.67. The van der Waals surface area contributed by atoms with E-state index in [9.17, 15) is 0 Å². The molecule has 0 atom stereocenters. The van der Waals surface area contributed by atoms with Gasteiger partial charge in [-0.1, -0.05) is 6.07 Å². The number of pyridine rings is 1. The quantitative estimate of drug-likeness (QED) is 0.788. The first kappa shape index (κ1) is 14.2. The summed E-state index contributed by atoms with van der Waals surface area (Å²) in [5, 5.41) is 5.65. The fourth-order valence-corrected chi connectivity index (χ4v) is 2.82. The van der Waals surface area contributed by atoms with Gasteiger partial charge in [-0.05, 0) is 42.6 Å². The smallest absolute Gasteiger partial charge is 0.0312 e. The van der Waals surface area contributed by atoms with Gasteiger partial charge < -0.3 is 10.2 Å². The highest BCUT2D eigenvalue weighted by Gasteiger charge is 2.01. The summed E-state index contributed by atoms with van der Waals surface area (Å²) in [5.41, 5.74) is 2.65. The molecule has 4 heteroatoms. The molecule has 0 unspecified atom stereocenters. The zero-order chi connectivity index (χ0) is 13.5. The standard InChI is InChI=1S/C15H21N3S/c1-13-5-9-19-15(13)11-17-7-8-18(2)12-14-4-3-6-16-10-14/h3-6,9-10,17H,7-8,11-12H2,1-2H3. The normalized spacial score (nSPS) is 11.1. The third kappa shape index (κ3) is 4.74. The molecule has 0 aromatic carbocycles. The lowest BCUT2D eigenvalue weighted by Gasteiger charge is -2.16.